The Morgan fingerprint density at radius 1 is 1.27 bits per heavy atom. The third-order valence-electron chi connectivity index (χ3n) is 6.19. The molecule has 1 N–H and O–H groups in total. The fourth-order valence-electron chi connectivity index (χ4n) is 4.51. The summed E-state index contributed by atoms with van der Waals surface area (Å²) in [6.45, 7) is 0.453. The van der Waals surface area contributed by atoms with E-state index >= 15 is 0 Å². The van der Waals surface area contributed by atoms with E-state index in [9.17, 15) is 10.1 Å². The van der Waals surface area contributed by atoms with E-state index in [0.29, 0.717) is 6.54 Å². The minimum atomic E-state index is -0.342. The Kier molecular flexibility index (Phi) is 5.95. The van der Waals surface area contributed by atoms with Crippen molar-refractivity contribution in [3.05, 3.63) is 92.8 Å². The summed E-state index contributed by atoms with van der Waals surface area (Å²) < 4.78 is 6.98. The Bertz CT molecular complexity index is 1390. The van der Waals surface area contributed by atoms with Gasteiger partial charge in [0.1, 0.15) is 16.6 Å². The van der Waals surface area contributed by atoms with Crippen molar-refractivity contribution in [1.29, 1.82) is 5.26 Å². The number of aryl methyl sites for hydroxylation is 1. The normalized spacial score (nSPS) is 16.2. The van der Waals surface area contributed by atoms with E-state index in [4.69, 9.17) is 4.74 Å². The average Bonchev–Trinajstić information content (AvgIpc) is 3.23. The summed E-state index contributed by atoms with van der Waals surface area (Å²) in [5.41, 5.74) is 3.10. The quantitative estimate of drug-likeness (QED) is 0.470. The van der Waals surface area contributed by atoms with Crippen LogP contribution in [0.3, 0.4) is 0 Å². The predicted molar refractivity (Wildman–Crippen MR) is 130 cm³/mol. The number of rotatable bonds is 6. The third kappa shape index (κ3) is 4.28. The molecule has 166 valence electrons. The largest absolute Gasteiger partial charge is 0.497 e. The van der Waals surface area contributed by atoms with E-state index in [1.807, 2.05) is 54.6 Å². The summed E-state index contributed by atoms with van der Waals surface area (Å²) in [6.07, 6.45) is 4.13. The van der Waals surface area contributed by atoms with Gasteiger partial charge >= 0.3 is 0 Å². The first kappa shape index (κ1) is 21.4. The molecule has 7 heteroatoms. The van der Waals surface area contributed by atoms with Gasteiger partial charge in [0.2, 0.25) is 0 Å². The second kappa shape index (κ2) is 9.18. The molecule has 5 rings (SSSR count). The second-order valence-corrected chi connectivity index (χ2v) is 9.38. The average molecular weight is 457 g/mol. The van der Waals surface area contributed by atoms with Crippen LogP contribution in [0.15, 0.2) is 65.7 Å². The third-order valence-corrected chi connectivity index (χ3v) is 7.35. The van der Waals surface area contributed by atoms with Gasteiger partial charge in [-0.1, -0.05) is 42.5 Å². The number of thiophene rings is 1. The van der Waals surface area contributed by atoms with Crippen LogP contribution in [0.5, 0.6) is 5.75 Å². The molecule has 2 heterocycles. The number of ether oxygens (including phenoxy) is 1. The van der Waals surface area contributed by atoms with Gasteiger partial charge in [-0.3, -0.25) is 14.7 Å². The Labute approximate surface area is 196 Å². The zero-order chi connectivity index (χ0) is 22.8. The van der Waals surface area contributed by atoms with Crippen LogP contribution < -0.4 is 15.6 Å². The summed E-state index contributed by atoms with van der Waals surface area (Å²) >= 11 is 1.60. The molecule has 2 atom stereocenters. The maximum atomic E-state index is 13.4. The molecular formula is C26H24N4O2S. The molecule has 6 nitrogen and oxygen atoms in total. The highest BCUT2D eigenvalue weighted by atomic mass is 32.1. The van der Waals surface area contributed by atoms with Crippen molar-refractivity contribution < 1.29 is 4.74 Å². The summed E-state index contributed by atoms with van der Waals surface area (Å²) in [6, 6.07) is 19.8. The van der Waals surface area contributed by atoms with Crippen LogP contribution in [0, 0.1) is 11.3 Å². The van der Waals surface area contributed by atoms with Gasteiger partial charge in [0.05, 0.1) is 31.4 Å². The van der Waals surface area contributed by atoms with Crippen molar-refractivity contribution in [1.82, 2.24) is 14.9 Å². The van der Waals surface area contributed by atoms with Gasteiger partial charge in [-0.05, 0) is 48.1 Å². The number of aromatic nitrogens is 2. The van der Waals surface area contributed by atoms with Crippen molar-refractivity contribution in [2.75, 3.05) is 7.11 Å². The van der Waals surface area contributed by atoms with Crippen LogP contribution in [0.4, 0.5) is 0 Å². The monoisotopic (exact) mass is 456 g/mol. The maximum absolute atomic E-state index is 13.4. The number of nitrogens with one attached hydrogen (secondary N) is 1. The van der Waals surface area contributed by atoms with E-state index in [2.05, 4.69) is 16.4 Å². The summed E-state index contributed by atoms with van der Waals surface area (Å²) in [5.74, 6) is 0.771. The lowest BCUT2D eigenvalue weighted by molar-refractivity contribution is 0.414. The number of nitrogens with zero attached hydrogens (tertiary/aromatic N) is 3. The van der Waals surface area contributed by atoms with E-state index in [0.717, 1.165) is 51.9 Å². The van der Waals surface area contributed by atoms with Gasteiger partial charge in [0.25, 0.3) is 5.56 Å². The van der Waals surface area contributed by atoms with Crippen LogP contribution in [-0.4, -0.2) is 22.7 Å². The molecule has 0 spiro atoms. The Morgan fingerprint density at radius 3 is 2.91 bits per heavy atom. The first-order valence-electron chi connectivity index (χ1n) is 11.0. The van der Waals surface area contributed by atoms with Crippen molar-refractivity contribution in [2.45, 2.75) is 37.9 Å². The molecule has 0 saturated heterocycles. The van der Waals surface area contributed by atoms with Crippen LogP contribution in [-0.2, 0) is 19.4 Å². The zero-order valence-corrected chi connectivity index (χ0v) is 19.1. The first-order valence-corrected chi connectivity index (χ1v) is 11.8. The fraction of sp³-hybridized carbons (Fsp3) is 0.269. The van der Waals surface area contributed by atoms with Gasteiger partial charge in [-0.15, -0.1) is 11.3 Å². The molecule has 2 aromatic carbocycles. The number of benzene rings is 2. The van der Waals surface area contributed by atoms with Crippen LogP contribution in [0.25, 0.3) is 10.2 Å². The van der Waals surface area contributed by atoms with Gasteiger partial charge in [0.15, 0.2) is 0 Å². The molecule has 0 amide bonds. The molecule has 2 unspecified atom stereocenters. The number of hydrogen-bond donors (Lipinski definition) is 1. The second-order valence-electron chi connectivity index (χ2n) is 8.29. The molecule has 33 heavy (non-hydrogen) atoms. The van der Waals surface area contributed by atoms with Gasteiger partial charge < -0.3 is 4.74 Å². The number of methoxy groups -OCH3 is 1. The molecule has 4 aromatic rings. The lowest BCUT2D eigenvalue weighted by Crippen LogP contribution is -2.36. The van der Waals surface area contributed by atoms with Crippen LogP contribution in [0.1, 0.15) is 34.0 Å². The lowest BCUT2D eigenvalue weighted by atomic mass is 9.92. The van der Waals surface area contributed by atoms with Gasteiger partial charge in [-0.25, -0.2) is 4.98 Å². The van der Waals surface area contributed by atoms with Crippen molar-refractivity contribution in [3.8, 4) is 11.8 Å². The minimum absolute atomic E-state index is 0.00548. The SMILES string of the molecule is COc1cccc(Cn2cnc3sc4c(c3c2=O)CCC(NC(C#N)c2ccccc2)C4)c1. The molecule has 1 aliphatic rings. The highest BCUT2D eigenvalue weighted by Crippen LogP contribution is 2.34. The number of hydrogen-bond acceptors (Lipinski definition) is 6. The molecule has 0 saturated carbocycles. The van der Waals surface area contributed by atoms with Crippen molar-refractivity contribution in [3.63, 3.8) is 0 Å². The number of nitriles is 1. The lowest BCUT2D eigenvalue weighted by Gasteiger charge is -2.26. The highest BCUT2D eigenvalue weighted by Gasteiger charge is 2.27. The Balaban J connectivity index is 1.39. The van der Waals surface area contributed by atoms with Gasteiger partial charge in [0, 0.05) is 10.9 Å². The van der Waals surface area contributed by atoms with E-state index < -0.39 is 0 Å². The molecule has 0 radical (unpaired) electrons. The summed E-state index contributed by atoms with van der Waals surface area (Å²) in [4.78, 5) is 20.0. The van der Waals surface area contributed by atoms with Gasteiger partial charge in [-0.2, -0.15) is 5.26 Å². The van der Waals surface area contributed by atoms with E-state index in [-0.39, 0.29) is 17.6 Å². The molecule has 0 fully saturated rings. The summed E-state index contributed by atoms with van der Waals surface area (Å²) in [7, 11) is 1.64. The minimum Gasteiger partial charge on any atom is -0.497 e. The van der Waals surface area contributed by atoms with Crippen molar-refractivity contribution >= 4 is 21.6 Å². The van der Waals surface area contributed by atoms with E-state index in [1.165, 1.54) is 4.88 Å². The van der Waals surface area contributed by atoms with Crippen LogP contribution in [0.2, 0.25) is 0 Å². The maximum Gasteiger partial charge on any atom is 0.262 e. The summed E-state index contributed by atoms with van der Waals surface area (Å²) in [5, 5.41) is 13.9. The number of fused-ring (bicyclic) bond motifs is 3. The zero-order valence-electron chi connectivity index (χ0n) is 18.3. The Morgan fingerprint density at radius 2 is 2.12 bits per heavy atom. The highest BCUT2D eigenvalue weighted by molar-refractivity contribution is 7.18. The van der Waals surface area contributed by atoms with E-state index in [1.54, 1.807) is 29.3 Å². The smallest absolute Gasteiger partial charge is 0.262 e. The molecule has 1 aliphatic carbocycles. The molecule has 0 aliphatic heterocycles. The molecule has 2 aromatic heterocycles. The fourth-order valence-corrected chi connectivity index (χ4v) is 5.77. The first-order chi connectivity index (χ1) is 16.2. The molecular weight excluding hydrogens is 432 g/mol. The Hall–Kier alpha value is -3.47. The van der Waals surface area contributed by atoms with Crippen LogP contribution >= 0.6 is 11.3 Å². The molecule has 0 bridgehead atoms. The standard InChI is InChI=1S/C26H24N4O2S/c1-32-20-9-5-6-17(12-20)15-30-16-28-25-24(26(30)31)21-11-10-19(13-23(21)33-25)29-22(14-27)18-7-3-2-4-8-18/h2-9,12,16,19,22,29H,10-11,13,15H2,1H3. The topological polar surface area (TPSA) is 79.9 Å². The van der Waals surface area contributed by atoms with Crippen molar-refractivity contribution in [2.24, 2.45) is 0 Å². The predicted octanol–water partition coefficient (Wildman–Crippen LogP) is 4.23.